The molecule has 1 amide bonds. The number of carbonyl (C=O) groups excluding carboxylic acids is 1. The predicted octanol–water partition coefficient (Wildman–Crippen LogP) is 2.73. The van der Waals surface area contributed by atoms with E-state index >= 15 is 0 Å². The number of rotatable bonds is 8. The minimum atomic E-state index is -0.122. The topological polar surface area (TPSA) is 64.0 Å². The Morgan fingerprint density at radius 1 is 1.30 bits per heavy atom. The van der Waals surface area contributed by atoms with Gasteiger partial charge in [-0.05, 0) is 24.5 Å². The van der Waals surface area contributed by atoms with E-state index in [4.69, 9.17) is 0 Å². The van der Waals surface area contributed by atoms with Gasteiger partial charge >= 0.3 is 0 Å². The summed E-state index contributed by atoms with van der Waals surface area (Å²) < 4.78 is 1.58. The van der Waals surface area contributed by atoms with Crippen LogP contribution in [-0.4, -0.2) is 22.2 Å². The Morgan fingerprint density at radius 3 is 2.83 bits per heavy atom. The van der Waals surface area contributed by atoms with Gasteiger partial charge in [0, 0.05) is 11.9 Å². The van der Waals surface area contributed by atoms with E-state index in [2.05, 4.69) is 24.3 Å². The summed E-state index contributed by atoms with van der Waals surface area (Å²) in [6, 6.07) is 7.22. The molecule has 1 N–H and O–H groups in total. The Bertz CT molecular complexity index is 709. The summed E-state index contributed by atoms with van der Waals surface area (Å²) >= 11 is 0. The van der Waals surface area contributed by atoms with Gasteiger partial charge in [-0.3, -0.25) is 14.3 Å². The van der Waals surface area contributed by atoms with Crippen molar-refractivity contribution in [2.75, 3.05) is 6.54 Å². The molecule has 1 aromatic carbocycles. The second kappa shape index (κ2) is 8.46. The van der Waals surface area contributed by atoms with Crippen LogP contribution in [0.3, 0.4) is 0 Å². The van der Waals surface area contributed by atoms with Gasteiger partial charge in [0.15, 0.2) is 0 Å². The Hall–Kier alpha value is -2.17. The van der Waals surface area contributed by atoms with Crippen LogP contribution in [0, 0.1) is 5.92 Å². The van der Waals surface area contributed by atoms with Crippen molar-refractivity contribution >= 4 is 16.8 Å². The Labute approximate surface area is 136 Å². The molecule has 0 radical (unpaired) electrons. The number of nitrogens with one attached hydrogen (secondary N) is 1. The highest BCUT2D eigenvalue weighted by atomic mass is 16.2. The summed E-state index contributed by atoms with van der Waals surface area (Å²) in [6.45, 7) is 5.17. The quantitative estimate of drug-likeness (QED) is 0.814. The Balaban J connectivity index is 2.01. The SMILES string of the molecule is CCCCC(CC)CNC(=O)Cn1ncc(=O)c2ccccc21. The third kappa shape index (κ3) is 4.65. The molecule has 0 saturated carbocycles. The number of benzene rings is 1. The lowest BCUT2D eigenvalue weighted by molar-refractivity contribution is -0.122. The number of aromatic nitrogens is 2. The smallest absolute Gasteiger partial charge is 0.241 e. The first-order valence-corrected chi connectivity index (χ1v) is 8.37. The van der Waals surface area contributed by atoms with E-state index < -0.39 is 0 Å². The van der Waals surface area contributed by atoms with E-state index in [1.54, 1.807) is 10.7 Å². The zero-order valence-corrected chi connectivity index (χ0v) is 13.9. The summed E-state index contributed by atoms with van der Waals surface area (Å²) in [5.41, 5.74) is 0.566. The molecular weight excluding hydrogens is 290 g/mol. The van der Waals surface area contributed by atoms with Crippen LogP contribution < -0.4 is 10.7 Å². The van der Waals surface area contributed by atoms with Crippen molar-refractivity contribution in [1.29, 1.82) is 0 Å². The molecule has 23 heavy (non-hydrogen) atoms. The van der Waals surface area contributed by atoms with E-state index in [1.165, 1.54) is 19.0 Å². The van der Waals surface area contributed by atoms with Gasteiger partial charge in [0.1, 0.15) is 6.54 Å². The van der Waals surface area contributed by atoms with Crippen molar-refractivity contribution in [3.05, 3.63) is 40.7 Å². The molecule has 1 unspecified atom stereocenters. The molecular formula is C18H25N3O2. The fourth-order valence-corrected chi connectivity index (χ4v) is 2.68. The van der Waals surface area contributed by atoms with Gasteiger partial charge in [-0.1, -0.05) is 45.2 Å². The monoisotopic (exact) mass is 315 g/mol. The second-order valence-electron chi connectivity index (χ2n) is 5.90. The maximum absolute atomic E-state index is 12.2. The summed E-state index contributed by atoms with van der Waals surface area (Å²) in [4.78, 5) is 24.0. The number of para-hydroxylation sites is 1. The Kier molecular flexibility index (Phi) is 6.32. The molecule has 0 saturated heterocycles. The normalized spacial score (nSPS) is 12.3. The van der Waals surface area contributed by atoms with E-state index in [9.17, 15) is 9.59 Å². The van der Waals surface area contributed by atoms with Gasteiger partial charge in [-0.25, -0.2) is 0 Å². The van der Waals surface area contributed by atoms with E-state index in [-0.39, 0.29) is 17.9 Å². The lowest BCUT2D eigenvalue weighted by atomic mass is 9.99. The number of carbonyl (C=O) groups is 1. The summed E-state index contributed by atoms with van der Waals surface area (Å²) in [5.74, 6) is 0.457. The van der Waals surface area contributed by atoms with Crippen molar-refractivity contribution in [3.63, 3.8) is 0 Å². The van der Waals surface area contributed by atoms with Crippen LogP contribution in [0.1, 0.15) is 39.5 Å². The van der Waals surface area contributed by atoms with Crippen LogP contribution in [0.15, 0.2) is 35.3 Å². The van der Waals surface area contributed by atoms with E-state index in [0.717, 1.165) is 12.8 Å². The largest absolute Gasteiger partial charge is 0.354 e. The van der Waals surface area contributed by atoms with Gasteiger partial charge in [-0.15, -0.1) is 0 Å². The number of unbranched alkanes of at least 4 members (excludes halogenated alkanes) is 1. The summed E-state index contributed by atoms with van der Waals surface area (Å²) in [5, 5.41) is 7.67. The lowest BCUT2D eigenvalue weighted by Crippen LogP contribution is -2.33. The van der Waals surface area contributed by atoms with E-state index in [0.29, 0.717) is 23.4 Å². The van der Waals surface area contributed by atoms with Gasteiger partial charge in [0.25, 0.3) is 0 Å². The Morgan fingerprint density at radius 2 is 2.09 bits per heavy atom. The molecule has 0 aliphatic heterocycles. The highest BCUT2D eigenvalue weighted by Gasteiger charge is 2.10. The molecule has 0 spiro atoms. The third-order valence-electron chi connectivity index (χ3n) is 4.19. The maximum atomic E-state index is 12.2. The summed E-state index contributed by atoms with van der Waals surface area (Å²) in [6.07, 6.45) is 5.86. The molecule has 5 nitrogen and oxygen atoms in total. The number of amides is 1. The first-order valence-electron chi connectivity index (χ1n) is 8.37. The van der Waals surface area contributed by atoms with Crippen molar-refractivity contribution in [2.24, 2.45) is 5.92 Å². The van der Waals surface area contributed by atoms with Crippen molar-refractivity contribution in [1.82, 2.24) is 15.1 Å². The summed E-state index contributed by atoms with van der Waals surface area (Å²) in [7, 11) is 0. The molecule has 1 atom stereocenters. The third-order valence-corrected chi connectivity index (χ3v) is 4.19. The van der Waals surface area contributed by atoms with Crippen LogP contribution in [-0.2, 0) is 11.3 Å². The molecule has 2 aromatic rings. The molecule has 0 aliphatic carbocycles. The van der Waals surface area contributed by atoms with Crippen LogP contribution >= 0.6 is 0 Å². The molecule has 2 rings (SSSR count). The molecule has 124 valence electrons. The van der Waals surface area contributed by atoms with Crippen molar-refractivity contribution in [2.45, 2.75) is 46.1 Å². The minimum Gasteiger partial charge on any atom is -0.354 e. The second-order valence-corrected chi connectivity index (χ2v) is 5.90. The highest BCUT2D eigenvalue weighted by Crippen LogP contribution is 2.11. The zero-order valence-electron chi connectivity index (χ0n) is 13.9. The van der Waals surface area contributed by atoms with Crippen LogP contribution in [0.5, 0.6) is 0 Å². The van der Waals surface area contributed by atoms with Gasteiger partial charge in [0.2, 0.25) is 11.3 Å². The maximum Gasteiger partial charge on any atom is 0.241 e. The van der Waals surface area contributed by atoms with Gasteiger partial charge < -0.3 is 5.32 Å². The van der Waals surface area contributed by atoms with Crippen molar-refractivity contribution in [3.8, 4) is 0 Å². The van der Waals surface area contributed by atoms with Gasteiger partial charge in [-0.2, -0.15) is 5.10 Å². The number of nitrogens with zero attached hydrogens (tertiary/aromatic N) is 2. The fourth-order valence-electron chi connectivity index (χ4n) is 2.68. The predicted molar refractivity (Wildman–Crippen MR) is 92.3 cm³/mol. The van der Waals surface area contributed by atoms with Crippen LogP contribution in [0.2, 0.25) is 0 Å². The molecule has 5 heteroatoms. The zero-order chi connectivity index (χ0) is 16.7. The lowest BCUT2D eigenvalue weighted by Gasteiger charge is -2.16. The van der Waals surface area contributed by atoms with Crippen molar-refractivity contribution < 1.29 is 4.79 Å². The van der Waals surface area contributed by atoms with Gasteiger partial charge in [0.05, 0.1) is 11.7 Å². The average Bonchev–Trinajstić information content (AvgIpc) is 2.58. The van der Waals surface area contributed by atoms with Crippen LogP contribution in [0.4, 0.5) is 0 Å². The first-order chi connectivity index (χ1) is 11.2. The first kappa shape index (κ1) is 17.2. The number of hydrogen-bond donors (Lipinski definition) is 1. The molecule has 1 heterocycles. The molecule has 1 aromatic heterocycles. The van der Waals surface area contributed by atoms with E-state index in [1.807, 2.05) is 18.2 Å². The molecule has 0 fully saturated rings. The molecule has 0 bridgehead atoms. The average molecular weight is 315 g/mol. The minimum absolute atomic E-state index is 0.0683. The number of hydrogen-bond acceptors (Lipinski definition) is 3. The van der Waals surface area contributed by atoms with Crippen LogP contribution in [0.25, 0.3) is 10.9 Å². The standard InChI is InChI=1S/C18H25N3O2/c1-3-5-8-14(4-2)11-19-18(23)13-21-16-10-7-6-9-15(16)17(22)12-20-21/h6-7,9-10,12,14H,3-5,8,11,13H2,1-2H3,(H,19,23). The molecule has 0 aliphatic rings. The number of fused-ring (bicyclic) bond motifs is 1. The fraction of sp³-hybridized carbons (Fsp3) is 0.500. The highest BCUT2D eigenvalue weighted by molar-refractivity contribution is 5.81.